The van der Waals surface area contributed by atoms with Crippen molar-refractivity contribution in [1.29, 1.82) is 0 Å². The fraction of sp³-hybridized carbons (Fsp3) is 0.667. The first kappa shape index (κ1) is 20.6. The van der Waals surface area contributed by atoms with Gasteiger partial charge < -0.3 is 15.1 Å². The molecule has 2 aliphatic rings. The van der Waals surface area contributed by atoms with E-state index < -0.39 is 0 Å². The lowest BCUT2D eigenvalue weighted by atomic mass is 9.91. The van der Waals surface area contributed by atoms with Crippen molar-refractivity contribution in [2.75, 3.05) is 44.7 Å². The molecule has 1 aromatic rings. The SMILES string of the molecule is CNCC1CCN(C(=O)c2ccc(N3CC(C)CC(C)C3)c([N+](=O)[O-])c2)CC1. The molecule has 2 fully saturated rings. The lowest BCUT2D eigenvalue weighted by molar-refractivity contribution is -0.384. The van der Waals surface area contributed by atoms with Crippen LogP contribution in [0.5, 0.6) is 0 Å². The maximum absolute atomic E-state index is 12.9. The maximum atomic E-state index is 12.9. The van der Waals surface area contributed by atoms with Crippen molar-refractivity contribution in [2.24, 2.45) is 17.8 Å². The van der Waals surface area contributed by atoms with Crippen molar-refractivity contribution in [1.82, 2.24) is 10.2 Å². The van der Waals surface area contributed by atoms with E-state index in [9.17, 15) is 14.9 Å². The van der Waals surface area contributed by atoms with Gasteiger partial charge in [0, 0.05) is 37.8 Å². The smallest absolute Gasteiger partial charge is 0.293 e. The van der Waals surface area contributed by atoms with Gasteiger partial charge in [0.2, 0.25) is 0 Å². The second-order valence-electron chi connectivity index (χ2n) is 8.60. The van der Waals surface area contributed by atoms with Crippen molar-refractivity contribution >= 4 is 17.3 Å². The third-order valence-electron chi connectivity index (χ3n) is 6.02. The molecule has 1 aromatic carbocycles. The van der Waals surface area contributed by atoms with Gasteiger partial charge in [-0.2, -0.15) is 0 Å². The molecule has 0 radical (unpaired) electrons. The number of hydrogen-bond acceptors (Lipinski definition) is 5. The monoisotopic (exact) mass is 388 g/mol. The van der Waals surface area contributed by atoms with E-state index in [1.807, 2.05) is 11.9 Å². The van der Waals surface area contributed by atoms with Crippen LogP contribution in [-0.2, 0) is 0 Å². The van der Waals surface area contributed by atoms with Crippen LogP contribution in [0, 0.1) is 27.9 Å². The van der Waals surface area contributed by atoms with Crippen LogP contribution in [0.1, 0.15) is 43.5 Å². The summed E-state index contributed by atoms with van der Waals surface area (Å²) in [5.41, 5.74) is 1.09. The van der Waals surface area contributed by atoms with Crippen LogP contribution in [0.3, 0.4) is 0 Å². The number of carbonyl (C=O) groups is 1. The van der Waals surface area contributed by atoms with Crippen molar-refractivity contribution < 1.29 is 9.72 Å². The standard InChI is InChI=1S/C21H32N4O3/c1-15-10-16(2)14-24(13-15)19-5-4-18(11-20(19)25(27)28)21(26)23-8-6-17(7-9-23)12-22-3/h4-5,11,15-17,22H,6-10,12-14H2,1-3H3. The summed E-state index contributed by atoms with van der Waals surface area (Å²) in [7, 11) is 1.95. The maximum Gasteiger partial charge on any atom is 0.293 e. The summed E-state index contributed by atoms with van der Waals surface area (Å²) in [6, 6.07) is 5.00. The number of nitrogens with zero attached hydrogens (tertiary/aromatic N) is 3. The van der Waals surface area contributed by atoms with Crippen molar-refractivity contribution in [2.45, 2.75) is 33.1 Å². The molecule has 2 saturated heterocycles. The van der Waals surface area contributed by atoms with Gasteiger partial charge in [0.05, 0.1) is 4.92 Å². The number of benzene rings is 1. The zero-order valence-corrected chi connectivity index (χ0v) is 17.2. The summed E-state index contributed by atoms with van der Waals surface area (Å²) in [5.74, 6) is 1.50. The summed E-state index contributed by atoms with van der Waals surface area (Å²) < 4.78 is 0. The van der Waals surface area contributed by atoms with Gasteiger partial charge >= 0.3 is 0 Å². The van der Waals surface area contributed by atoms with Crippen LogP contribution in [0.15, 0.2) is 18.2 Å². The third kappa shape index (κ3) is 4.63. The highest BCUT2D eigenvalue weighted by atomic mass is 16.6. The minimum atomic E-state index is -0.352. The van der Waals surface area contributed by atoms with Crippen LogP contribution in [0.2, 0.25) is 0 Å². The third-order valence-corrected chi connectivity index (χ3v) is 6.02. The molecule has 2 aliphatic heterocycles. The van der Waals surface area contributed by atoms with Crippen molar-refractivity contribution in [3.05, 3.63) is 33.9 Å². The number of hydrogen-bond donors (Lipinski definition) is 1. The topological polar surface area (TPSA) is 78.7 Å². The highest BCUT2D eigenvalue weighted by molar-refractivity contribution is 5.96. The molecular weight excluding hydrogens is 356 g/mol. The van der Waals surface area contributed by atoms with E-state index in [0.29, 0.717) is 42.1 Å². The number of likely N-dealkylation sites (tertiary alicyclic amines) is 1. The summed E-state index contributed by atoms with van der Waals surface area (Å²) in [5, 5.41) is 14.9. The lowest BCUT2D eigenvalue weighted by Crippen LogP contribution is -2.40. The fourth-order valence-electron chi connectivity index (χ4n) is 4.74. The van der Waals surface area contributed by atoms with E-state index in [2.05, 4.69) is 24.1 Å². The number of nitro groups is 1. The molecule has 0 saturated carbocycles. The number of rotatable bonds is 5. The normalized spacial score (nSPS) is 23.7. The van der Waals surface area contributed by atoms with Crippen LogP contribution < -0.4 is 10.2 Å². The predicted molar refractivity (Wildman–Crippen MR) is 111 cm³/mol. The second-order valence-corrected chi connectivity index (χ2v) is 8.60. The highest BCUT2D eigenvalue weighted by Gasteiger charge is 2.29. The van der Waals surface area contributed by atoms with E-state index in [0.717, 1.165) is 38.9 Å². The highest BCUT2D eigenvalue weighted by Crippen LogP contribution is 2.34. The predicted octanol–water partition coefficient (Wildman–Crippen LogP) is 3.15. The Labute approximate surface area is 167 Å². The quantitative estimate of drug-likeness (QED) is 0.619. The van der Waals surface area contributed by atoms with Crippen LogP contribution >= 0.6 is 0 Å². The summed E-state index contributed by atoms with van der Waals surface area (Å²) in [6.07, 6.45) is 3.08. The molecule has 0 bridgehead atoms. The minimum Gasteiger partial charge on any atom is -0.365 e. The van der Waals surface area contributed by atoms with Gasteiger partial charge in [0.15, 0.2) is 0 Å². The number of nitrogens with one attached hydrogen (secondary N) is 1. The van der Waals surface area contributed by atoms with Gasteiger partial charge in [-0.1, -0.05) is 13.8 Å². The van der Waals surface area contributed by atoms with E-state index in [1.54, 1.807) is 12.1 Å². The first-order valence-electron chi connectivity index (χ1n) is 10.4. The minimum absolute atomic E-state index is 0.0391. The molecule has 7 heteroatoms. The Kier molecular flexibility index (Phi) is 6.54. The Balaban J connectivity index is 1.77. The number of amides is 1. The molecule has 3 rings (SSSR count). The molecule has 2 heterocycles. The molecule has 1 amide bonds. The molecule has 7 nitrogen and oxygen atoms in total. The average molecular weight is 389 g/mol. The Morgan fingerprint density at radius 2 is 1.86 bits per heavy atom. The van der Waals surface area contributed by atoms with E-state index in [4.69, 9.17) is 0 Å². The van der Waals surface area contributed by atoms with E-state index in [1.165, 1.54) is 6.07 Å². The molecule has 0 aromatic heterocycles. The Hall–Kier alpha value is -2.15. The molecular formula is C21H32N4O3. The molecule has 2 atom stereocenters. The van der Waals surface area contributed by atoms with E-state index in [-0.39, 0.29) is 16.5 Å². The molecule has 0 spiro atoms. The molecule has 28 heavy (non-hydrogen) atoms. The summed E-state index contributed by atoms with van der Waals surface area (Å²) >= 11 is 0. The first-order valence-corrected chi connectivity index (χ1v) is 10.4. The second kappa shape index (κ2) is 8.90. The zero-order chi connectivity index (χ0) is 20.3. The molecule has 2 unspecified atom stereocenters. The van der Waals surface area contributed by atoms with Gasteiger partial charge in [-0.15, -0.1) is 0 Å². The molecule has 154 valence electrons. The van der Waals surface area contributed by atoms with Crippen LogP contribution in [-0.4, -0.2) is 55.5 Å². The van der Waals surface area contributed by atoms with E-state index >= 15 is 0 Å². The number of piperidine rings is 2. The van der Waals surface area contributed by atoms with Crippen LogP contribution in [0.4, 0.5) is 11.4 Å². The van der Waals surface area contributed by atoms with Gasteiger partial charge in [0.25, 0.3) is 11.6 Å². The van der Waals surface area contributed by atoms with Crippen molar-refractivity contribution in [3.8, 4) is 0 Å². The Bertz CT molecular complexity index is 706. The van der Waals surface area contributed by atoms with Gasteiger partial charge in [-0.05, 0) is 62.7 Å². The molecule has 0 aliphatic carbocycles. The molecule has 1 N–H and O–H groups in total. The zero-order valence-electron chi connectivity index (χ0n) is 17.2. The number of anilines is 1. The lowest BCUT2D eigenvalue weighted by Gasteiger charge is -2.36. The largest absolute Gasteiger partial charge is 0.365 e. The van der Waals surface area contributed by atoms with Crippen LogP contribution in [0.25, 0.3) is 0 Å². The number of nitro benzene ring substituents is 1. The average Bonchev–Trinajstić information content (AvgIpc) is 2.67. The Morgan fingerprint density at radius 3 is 2.43 bits per heavy atom. The Morgan fingerprint density at radius 1 is 1.21 bits per heavy atom. The summed E-state index contributed by atoms with van der Waals surface area (Å²) in [4.78, 5) is 28.2. The van der Waals surface area contributed by atoms with Gasteiger partial charge in [-0.3, -0.25) is 14.9 Å². The fourth-order valence-corrected chi connectivity index (χ4v) is 4.74. The van der Waals surface area contributed by atoms with Crippen molar-refractivity contribution in [3.63, 3.8) is 0 Å². The number of carbonyl (C=O) groups excluding carboxylic acids is 1. The summed E-state index contributed by atoms with van der Waals surface area (Å²) in [6.45, 7) is 8.39. The van der Waals surface area contributed by atoms with Gasteiger partial charge in [-0.25, -0.2) is 0 Å². The first-order chi connectivity index (χ1) is 13.4. The van der Waals surface area contributed by atoms with Gasteiger partial charge in [0.1, 0.15) is 5.69 Å².